The molecule has 0 radical (unpaired) electrons. The molecule has 0 fully saturated rings. The average Bonchev–Trinajstić information content (AvgIpc) is 3.12. The van der Waals surface area contributed by atoms with Crippen LogP contribution in [0.3, 0.4) is 0 Å². The van der Waals surface area contributed by atoms with E-state index in [9.17, 15) is 9.59 Å². The highest BCUT2D eigenvalue weighted by Crippen LogP contribution is 2.34. The van der Waals surface area contributed by atoms with Gasteiger partial charge in [-0.15, -0.1) is 0 Å². The second-order valence-electron chi connectivity index (χ2n) is 5.69. The van der Waals surface area contributed by atoms with Gasteiger partial charge < -0.3 is 16.0 Å². The van der Waals surface area contributed by atoms with Crippen LogP contribution in [0, 0.1) is 0 Å². The van der Waals surface area contributed by atoms with E-state index in [1.165, 1.54) is 22.0 Å². The Morgan fingerprint density at radius 1 is 1.43 bits per heavy atom. The SMILES string of the molecule is CN(C(=O)Nc1cnn(CC(N)=O)c1)[C@H]1CCc2ccccc21. The number of rotatable bonds is 4. The number of benzene rings is 1. The largest absolute Gasteiger partial charge is 0.368 e. The van der Waals surface area contributed by atoms with Gasteiger partial charge in [0.2, 0.25) is 5.91 Å². The van der Waals surface area contributed by atoms with Crippen LogP contribution in [-0.2, 0) is 17.8 Å². The van der Waals surface area contributed by atoms with Crippen molar-refractivity contribution in [3.05, 3.63) is 47.8 Å². The predicted molar refractivity (Wildman–Crippen MR) is 85.7 cm³/mol. The van der Waals surface area contributed by atoms with Gasteiger partial charge in [0.15, 0.2) is 0 Å². The maximum atomic E-state index is 12.4. The van der Waals surface area contributed by atoms with E-state index in [-0.39, 0.29) is 18.6 Å². The zero-order valence-electron chi connectivity index (χ0n) is 12.9. The predicted octanol–water partition coefficient (Wildman–Crippen LogP) is 1.52. The number of aryl methyl sites for hydroxylation is 1. The Balaban J connectivity index is 1.67. The Morgan fingerprint density at radius 3 is 3.00 bits per heavy atom. The van der Waals surface area contributed by atoms with Crippen LogP contribution in [-0.4, -0.2) is 33.7 Å². The molecule has 3 rings (SSSR count). The Kier molecular flexibility index (Phi) is 4.01. The third kappa shape index (κ3) is 3.18. The first-order valence-electron chi connectivity index (χ1n) is 7.47. The zero-order valence-corrected chi connectivity index (χ0v) is 12.9. The van der Waals surface area contributed by atoms with Gasteiger partial charge in [0.25, 0.3) is 0 Å². The van der Waals surface area contributed by atoms with E-state index in [1.54, 1.807) is 18.1 Å². The van der Waals surface area contributed by atoms with Crippen LogP contribution in [0.5, 0.6) is 0 Å². The summed E-state index contributed by atoms with van der Waals surface area (Å²) < 4.78 is 1.39. The van der Waals surface area contributed by atoms with E-state index < -0.39 is 5.91 Å². The number of hydrogen-bond donors (Lipinski definition) is 2. The van der Waals surface area contributed by atoms with Crippen LogP contribution >= 0.6 is 0 Å². The lowest BCUT2D eigenvalue weighted by molar-refractivity contribution is -0.118. The van der Waals surface area contributed by atoms with Gasteiger partial charge in [-0.1, -0.05) is 24.3 Å². The van der Waals surface area contributed by atoms with Gasteiger partial charge in [0.1, 0.15) is 6.54 Å². The molecule has 120 valence electrons. The molecule has 7 nitrogen and oxygen atoms in total. The van der Waals surface area contributed by atoms with Crippen molar-refractivity contribution in [1.82, 2.24) is 14.7 Å². The fourth-order valence-electron chi connectivity index (χ4n) is 2.96. The molecule has 23 heavy (non-hydrogen) atoms. The molecule has 2 aromatic rings. The summed E-state index contributed by atoms with van der Waals surface area (Å²) >= 11 is 0. The number of amides is 3. The molecule has 0 saturated carbocycles. The van der Waals surface area contributed by atoms with Crippen molar-refractivity contribution in [2.75, 3.05) is 12.4 Å². The zero-order chi connectivity index (χ0) is 16.4. The summed E-state index contributed by atoms with van der Waals surface area (Å²) in [7, 11) is 1.79. The highest BCUT2D eigenvalue weighted by atomic mass is 16.2. The molecule has 0 bridgehead atoms. The average molecular weight is 313 g/mol. The molecular formula is C16H19N5O2. The summed E-state index contributed by atoms with van der Waals surface area (Å²) in [6, 6.07) is 8.07. The number of nitrogens with one attached hydrogen (secondary N) is 1. The Morgan fingerprint density at radius 2 is 2.22 bits per heavy atom. The van der Waals surface area contributed by atoms with Gasteiger partial charge in [-0.3, -0.25) is 9.48 Å². The summed E-state index contributed by atoms with van der Waals surface area (Å²) in [5.74, 6) is -0.481. The first-order valence-corrected chi connectivity index (χ1v) is 7.47. The van der Waals surface area contributed by atoms with Crippen molar-refractivity contribution in [2.24, 2.45) is 5.73 Å². The Bertz CT molecular complexity index is 740. The van der Waals surface area contributed by atoms with Crippen LogP contribution in [0.25, 0.3) is 0 Å². The van der Waals surface area contributed by atoms with Gasteiger partial charge in [0.05, 0.1) is 17.9 Å². The molecule has 1 aromatic carbocycles. The van der Waals surface area contributed by atoms with Crippen LogP contribution in [0.4, 0.5) is 10.5 Å². The summed E-state index contributed by atoms with van der Waals surface area (Å²) in [5.41, 5.74) is 8.15. The van der Waals surface area contributed by atoms with Gasteiger partial charge in [-0.2, -0.15) is 5.10 Å². The standard InChI is InChI=1S/C16H19N5O2/c1-20(14-7-6-11-4-2-3-5-13(11)14)16(23)19-12-8-18-21(9-12)10-15(17)22/h2-5,8-9,14H,6-7,10H2,1H3,(H2,17,22)(H,19,23)/t14-/m0/s1. The van der Waals surface area contributed by atoms with Crippen molar-refractivity contribution in [2.45, 2.75) is 25.4 Å². The number of urea groups is 1. The molecule has 1 heterocycles. The van der Waals surface area contributed by atoms with Gasteiger partial charge in [0, 0.05) is 13.2 Å². The number of anilines is 1. The number of carbonyl (C=O) groups excluding carboxylic acids is 2. The monoisotopic (exact) mass is 313 g/mol. The van der Waals surface area contributed by atoms with Gasteiger partial charge in [-0.25, -0.2) is 4.79 Å². The molecule has 0 unspecified atom stereocenters. The lowest BCUT2D eigenvalue weighted by Gasteiger charge is -2.25. The topological polar surface area (TPSA) is 93.2 Å². The number of hydrogen-bond acceptors (Lipinski definition) is 3. The normalized spacial score (nSPS) is 16.0. The minimum Gasteiger partial charge on any atom is -0.368 e. The molecule has 1 aliphatic carbocycles. The number of fused-ring (bicyclic) bond motifs is 1. The highest BCUT2D eigenvalue weighted by Gasteiger charge is 2.28. The molecule has 3 N–H and O–H groups in total. The molecule has 1 aromatic heterocycles. The van der Waals surface area contributed by atoms with Crippen molar-refractivity contribution >= 4 is 17.6 Å². The number of nitrogens with zero attached hydrogens (tertiary/aromatic N) is 3. The first-order chi connectivity index (χ1) is 11.0. The fraction of sp³-hybridized carbons (Fsp3) is 0.312. The second-order valence-corrected chi connectivity index (χ2v) is 5.69. The minimum atomic E-state index is -0.481. The molecule has 1 atom stereocenters. The van der Waals surface area contributed by atoms with Crippen molar-refractivity contribution in [3.63, 3.8) is 0 Å². The number of primary amides is 1. The van der Waals surface area contributed by atoms with Crippen molar-refractivity contribution in [1.29, 1.82) is 0 Å². The third-order valence-electron chi connectivity index (χ3n) is 4.09. The Labute approximate surface area is 134 Å². The van der Waals surface area contributed by atoms with Crippen LogP contribution in [0.1, 0.15) is 23.6 Å². The molecule has 0 spiro atoms. The first kappa shape index (κ1) is 15.1. The van der Waals surface area contributed by atoms with E-state index in [2.05, 4.69) is 22.5 Å². The van der Waals surface area contributed by atoms with Crippen molar-refractivity contribution in [3.8, 4) is 0 Å². The number of nitrogens with two attached hydrogens (primary N) is 1. The molecule has 7 heteroatoms. The van der Waals surface area contributed by atoms with Crippen LogP contribution in [0.2, 0.25) is 0 Å². The summed E-state index contributed by atoms with van der Waals surface area (Å²) in [4.78, 5) is 25.0. The second kappa shape index (κ2) is 6.12. The van der Waals surface area contributed by atoms with Crippen LogP contribution in [0.15, 0.2) is 36.7 Å². The lowest BCUT2D eigenvalue weighted by atomic mass is 10.1. The maximum Gasteiger partial charge on any atom is 0.322 e. The molecular weight excluding hydrogens is 294 g/mol. The highest BCUT2D eigenvalue weighted by molar-refractivity contribution is 5.89. The van der Waals surface area contributed by atoms with E-state index in [1.807, 2.05) is 12.1 Å². The fourth-order valence-corrected chi connectivity index (χ4v) is 2.96. The summed E-state index contributed by atoms with van der Waals surface area (Å²) in [5, 5.41) is 6.78. The minimum absolute atomic E-state index is 0.0122. The van der Waals surface area contributed by atoms with E-state index in [0.717, 1.165) is 12.8 Å². The third-order valence-corrected chi connectivity index (χ3v) is 4.09. The summed E-state index contributed by atoms with van der Waals surface area (Å²) in [6.07, 6.45) is 4.98. The number of carbonyl (C=O) groups is 2. The van der Waals surface area contributed by atoms with E-state index in [4.69, 9.17) is 5.73 Å². The summed E-state index contributed by atoms with van der Waals surface area (Å²) in [6.45, 7) is -0.0122. The molecule has 0 saturated heterocycles. The maximum absolute atomic E-state index is 12.4. The van der Waals surface area contributed by atoms with E-state index in [0.29, 0.717) is 5.69 Å². The molecule has 3 amide bonds. The van der Waals surface area contributed by atoms with Gasteiger partial charge >= 0.3 is 6.03 Å². The number of aromatic nitrogens is 2. The molecule has 0 aliphatic heterocycles. The quantitative estimate of drug-likeness (QED) is 0.896. The van der Waals surface area contributed by atoms with Crippen molar-refractivity contribution < 1.29 is 9.59 Å². The molecule has 1 aliphatic rings. The Hall–Kier alpha value is -2.83. The van der Waals surface area contributed by atoms with E-state index >= 15 is 0 Å². The van der Waals surface area contributed by atoms with Gasteiger partial charge in [-0.05, 0) is 24.0 Å². The lowest BCUT2D eigenvalue weighted by Crippen LogP contribution is -2.33. The smallest absolute Gasteiger partial charge is 0.322 e. The van der Waals surface area contributed by atoms with Crippen LogP contribution < -0.4 is 11.1 Å².